The zero-order valence-corrected chi connectivity index (χ0v) is 6.51. The maximum Gasteiger partial charge on any atom is 0.337 e. The van der Waals surface area contributed by atoms with Crippen LogP contribution >= 0.6 is 0 Å². The third-order valence-corrected chi connectivity index (χ3v) is 1.47. The van der Waals surface area contributed by atoms with E-state index in [0.717, 1.165) is 0 Å². The molecule has 1 aromatic carbocycles. The van der Waals surface area contributed by atoms with E-state index in [1.807, 2.05) is 0 Å². The molecule has 0 aromatic heterocycles. The highest BCUT2D eigenvalue weighted by atomic mass is 16.4. The standard InChI is InChI=1S/C7H6N4O2/c8-6-4(7(12)13)2-1-3-5(6)10-11-9/h1-3H,8H2,(H,12,13). The molecule has 66 valence electrons. The fourth-order valence-corrected chi connectivity index (χ4v) is 0.875. The van der Waals surface area contributed by atoms with E-state index in [1.165, 1.54) is 18.2 Å². The van der Waals surface area contributed by atoms with E-state index in [0.29, 0.717) is 0 Å². The van der Waals surface area contributed by atoms with Gasteiger partial charge in [-0.15, -0.1) is 0 Å². The Balaban J connectivity index is 3.34. The minimum absolute atomic E-state index is 0.0206. The molecule has 0 saturated heterocycles. The van der Waals surface area contributed by atoms with Gasteiger partial charge < -0.3 is 10.8 Å². The molecule has 6 heteroatoms. The molecule has 0 atom stereocenters. The maximum atomic E-state index is 10.6. The van der Waals surface area contributed by atoms with Gasteiger partial charge in [0.1, 0.15) is 0 Å². The second-order valence-electron chi connectivity index (χ2n) is 2.23. The van der Waals surface area contributed by atoms with Crippen LogP contribution < -0.4 is 5.73 Å². The molecule has 0 radical (unpaired) electrons. The molecule has 13 heavy (non-hydrogen) atoms. The SMILES string of the molecule is [N-]=[N+]=Nc1cccc(C(=O)O)c1N. The summed E-state index contributed by atoms with van der Waals surface area (Å²) in [7, 11) is 0. The smallest absolute Gasteiger partial charge is 0.337 e. The molecule has 0 spiro atoms. The van der Waals surface area contributed by atoms with Gasteiger partial charge in [0.25, 0.3) is 0 Å². The van der Waals surface area contributed by atoms with E-state index in [4.69, 9.17) is 16.4 Å². The quantitative estimate of drug-likeness (QED) is 0.312. The van der Waals surface area contributed by atoms with Gasteiger partial charge in [0.05, 0.1) is 16.9 Å². The van der Waals surface area contributed by atoms with Crippen molar-refractivity contribution in [3.63, 3.8) is 0 Å². The summed E-state index contributed by atoms with van der Waals surface area (Å²) in [6.45, 7) is 0. The number of anilines is 1. The predicted molar refractivity (Wildman–Crippen MR) is 46.6 cm³/mol. The van der Waals surface area contributed by atoms with Gasteiger partial charge >= 0.3 is 5.97 Å². The van der Waals surface area contributed by atoms with Crippen LogP contribution in [-0.2, 0) is 0 Å². The topological polar surface area (TPSA) is 112 Å². The molecular formula is C7H6N4O2. The molecule has 6 nitrogen and oxygen atoms in total. The third kappa shape index (κ3) is 1.69. The van der Waals surface area contributed by atoms with Crippen LogP contribution in [0.5, 0.6) is 0 Å². The van der Waals surface area contributed by atoms with Crippen molar-refractivity contribution in [2.24, 2.45) is 5.11 Å². The predicted octanol–water partition coefficient (Wildman–Crippen LogP) is 1.91. The molecule has 0 saturated carbocycles. The monoisotopic (exact) mass is 178 g/mol. The number of carbonyl (C=O) groups is 1. The van der Waals surface area contributed by atoms with Crippen molar-refractivity contribution in [1.82, 2.24) is 0 Å². The Morgan fingerprint density at radius 2 is 2.31 bits per heavy atom. The van der Waals surface area contributed by atoms with Gasteiger partial charge in [-0.25, -0.2) is 4.79 Å². The average Bonchev–Trinajstić information content (AvgIpc) is 2.08. The van der Waals surface area contributed by atoms with Gasteiger partial charge in [0, 0.05) is 4.91 Å². The van der Waals surface area contributed by atoms with Crippen molar-refractivity contribution in [3.8, 4) is 0 Å². The van der Waals surface area contributed by atoms with Gasteiger partial charge in [-0.1, -0.05) is 17.2 Å². The molecule has 0 unspecified atom stereocenters. The molecule has 0 aliphatic heterocycles. The summed E-state index contributed by atoms with van der Waals surface area (Å²) in [6, 6.07) is 4.25. The van der Waals surface area contributed by atoms with Crippen LogP contribution in [0.4, 0.5) is 11.4 Å². The summed E-state index contributed by atoms with van der Waals surface area (Å²) in [4.78, 5) is 13.1. The first-order chi connectivity index (χ1) is 6.16. The van der Waals surface area contributed by atoms with Crippen molar-refractivity contribution in [3.05, 3.63) is 34.2 Å². The van der Waals surface area contributed by atoms with Gasteiger partial charge in [0.15, 0.2) is 0 Å². The molecule has 0 heterocycles. The lowest BCUT2D eigenvalue weighted by molar-refractivity contribution is 0.0698. The zero-order valence-electron chi connectivity index (χ0n) is 6.51. The largest absolute Gasteiger partial charge is 0.478 e. The van der Waals surface area contributed by atoms with E-state index in [-0.39, 0.29) is 16.9 Å². The Morgan fingerprint density at radius 3 is 2.85 bits per heavy atom. The van der Waals surface area contributed by atoms with Crippen molar-refractivity contribution in [2.45, 2.75) is 0 Å². The number of nitrogens with two attached hydrogens (primary N) is 1. The number of benzene rings is 1. The van der Waals surface area contributed by atoms with Gasteiger partial charge in [-0.3, -0.25) is 0 Å². The van der Waals surface area contributed by atoms with Gasteiger partial charge in [0.2, 0.25) is 0 Å². The van der Waals surface area contributed by atoms with Crippen LogP contribution in [0.2, 0.25) is 0 Å². The molecule has 1 aromatic rings. The first kappa shape index (κ1) is 8.89. The van der Waals surface area contributed by atoms with Crippen LogP contribution in [0.1, 0.15) is 10.4 Å². The Bertz CT molecular complexity index is 375. The lowest BCUT2D eigenvalue weighted by Gasteiger charge is -2.01. The zero-order chi connectivity index (χ0) is 9.84. The minimum Gasteiger partial charge on any atom is -0.478 e. The highest BCUT2D eigenvalue weighted by Crippen LogP contribution is 2.25. The van der Waals surface area contributed by atoms with E-state index in [1.54, 1.807) is 0 Å². The molecular weight excluding hydrogens is 172 g/mol. The van der Waals surface area contributed by atoms with Crippen LogP contribution in [0.3, 0.4) is 0 Å². The number of nitrogens with zero attached hydrogens (tertiary/aromatic N) is 3. The number of nitrogen functional groups attached to an aromatic ring is 1. The molecule has 0 aliphatic rings. The third-order valence-electron chi connectivity index (χ3n) is 1.47. The Hall–Kier alpha value is -2.20. The van der Waals surface area contributed by atoms with Gasteiger partial charge in [-0.2, -0.15) is 0 Å². The Labute approximate surface area is 73.2 Å². The summed E-state index contributed by atoms with van der Waals surface area (Å²) in [5.41, 5.74) is 13.6. The first-order valence-corrected chi connectivity index (χ1v) is 3.33. The number of hydrogen-bond donors (Lipinski definition) is 2. The highest BCUT2D eigenvalue weighted by Gasteiger charge is 2.09. The lowest BCUT2D eigenvalue weighted by atomic mass is 10.1. The number of para-hydroxylation sites is 1. The average molecular weight is 178 g/mol. The lowest BCUT2D eigenvalue weighted by Crippen LogP contribution is -2.01. The van der Waals surface area contributed by atoms with Crippen molar-refractivity contribution in [1.29, 1.82) is 0 Å². The molecule has 0 aliphatic carbocycles. The van der Waals surface area contributed by atoms with E-state index >= 15 is 0 Å². The van der Waals surface area contributed by atoms with Crippen molar-refractivity contribution >= 4 is 17.3 Å². The Kier molecular flexibility index (Phi) is 2.37. The van der Waals surface area contributed by atoms with Gasteiger partial charge in [-0.05, 0) is 11.6 Å². The van der Waals surface area contributed by atoms with Crippen LogP contribution in [0, 0.1) is 0 Å². The number of hydrogen-bond acceptors (Lipinski definition) is 3. The normalized spacial score (nSPS) is 8.92. The fraction of sp³-hybridized carbons (Fsp3) is 0. The molecule has 3 N–H and O–H groups in total. The van der Waals surface area contributed by atoms with Crippen LogP contribution in [0.25, 0.3) is 10.4 Å². The number of azide groups is 1. The molecule has 0 amide bonds. The second kappa shape index (κ2) is 3.46. The first-order valence-electron chi connectivity index (χ1n) is 3.33. The summed E-state index contributed by atoms with van der Waals surface area (Å²) < 4.78 is 0. The highest BCUT2D eigenvalue weighted by molar-refractivity contribution is 5.96. The summed E-state index contributed by atoms with van der Waals surface area (Å²) in [5, 5.41) is 11.9. The minimum atomic E-state index is -1.15. The summed E-state index contributed by atoms with van der Waals surface area (Å²) in [6.07, 6.45) is 0. The van der Waals surface area contributed by atoms with E-state index in [9.17, 15) is 4.79 Å². The maximum absolute atomic E-state index is 10.6. The molecule has 0 fully saturated rings. The number of aromatic carboxylic acids is 1. The molecule has 0 bridgehead atoms. The fourth-order valence-electron chi connectivity index (χ4n) is 0.875. The van der Waals surface area contributed by atoms with Crippen LogP contribution in [-0.4, -0.2) is 11.1 Å². The number of carboxylic acid groups (broad SMARTS) is 1. The molecule has 1 rings (SSSR count). The van der Waals surface area contributed by atoms with Crippen LogP contribution in [0.15, 0.2) is 23.3 Å². The number of carboxylic acids is 1. The van der Waals surface area contributed by atoms with E-state index < -0.39 is 5.97 Å². The summed E-state index contributed by atoms with van der Waals surface area (Å²) in [5.74, 6) is -1.15. The van der Waals surface area contributed by atoms with E-state index in [2.05, 4.69) is 10.0 Å². The van der Waals surface area contributed by atoms with Crippen molar-refractivity contribution in [2.75, 3.05) is 5.73 Å². The summed E-state index contributed by atoms with van der Waals surface area (Å²) >= 11 is 0. The number of rotatable bonds is 2. The second-order valence-corrected chi connectivity index (χ2v) is 2.23. The van der Waals surface area contributed by atoms with Crippen molar-refractivity contribution < 1.29 is 9.90 Å². The Morgan fingerprint density at radius 1 is 1.62 bits per heavy atom.